The van der Waals surface area contributed by atoms with Gasteiger partial charge in [0.15, 0.2) is 0 Å². The Morgan fingerprint density at radius 2 is 2.28 bits per heavy atom. The summed E-state index contributed by atoms with van der Waals surface area (Å²) < 4.78 is 14.7. The molecule has 1 aromatic heterocycles. The Balaban J connectivity index is 2.13. The Hall–Kier alpha value is -1.39. The average Bonchev–Trinajstić information content (AvgIpc) is 2.76. The number of hydrogen-bond donors (Lipinski definition) is 1. The monoisotopic (exact) mass is 268 g/mol. The molecule has 0 aliphatic rings. The van der Waals surface area contributed by atoms with Gasteiger partial charge in [0.25, 0.3) is 0 Å². The molecule has 0 radical (unpaired) electrons. The third-order valence-electron chi connectivity index (χ3n) is 2.76. The average molecular weight is 269 g/mol. The van der Waals surface area contributed by atoms with Crippen LogP contribution in [0, 0.1) is 5.82 Å². The van der Waals surface area contributed by atoms with Gasteiger partial charge in [0.1, 0.15) is 5.82 Å². The van der Waals surface area contributed by atoms with E-state index in [1.165, 1.54) is 18.2 Å². The lowest BCUT2D eigenvalue weighted by Gasteiger charge is -2.11. The second-order valence-corrected chi connectivity index (χ2v) is 4.50. The second-order valence-electron chi connectivity index (χ2n) is 4.09. The minimum atomic E-state index is -0.757. The molecule has 3 nitrogen and oxygen atoms in total. The first-order valence-corrected chi connectivity index (χ1v) is 6.12. The normalized spacial score (nSPS) is 12.7. The standard InChI is InChI=1S/C13H14ClFN2O/c1-2-17-8-9(7-16-17)5-13(18)11-4-3-10(15)6-12(11)14/h3-4,6-8,13,18H,2,5H2,1H3. The maximum atomic E-state index is 12.9. The van der Waals surface area contributed by atoms with Crippen molar-refractivity contribution in [2.75, 3.05) is 0 Å². The highest BCUT2D eigenvalue weighted by Gasteiger charge is 2.13. The quantitative estimate of drug-likeness (QED) is 0.926. The summed E-state index contributed by atoms with van der Waals surface area (Å²) in [5, 5.41) is 14.5. The lowest BCUT2D eigenvalue weighted by Crippen LogP contribution is -2.02. The molecule has 0 saturated heterocycles. The molecule has 96 valence electrons. The first-order chi connectivity index (χ1) is 8.60. The fourth-order valence-corrected chi connectivity index (χ4v) is 2.08. The van der Waals surface area contributed by atoms with Gasteiger partial charge in [-0.25, -0.2) is 4.39 Å². The molecule has 0 aliphatic carbocycles. The van der Waals surface area contributed by atoms with E-state index < -0.39 is 11.9 Å². The number of benzene rings is 1. The van der Waals surface area contributed by atoms with Gasteiger partial charge >= 0.3 is 0 Å². The summed E-state index contributed by atoms with van der Waals surface area (Å²) in [6.45, 7) is 2.78. The van der Waals surface area contributed by atoms with E-state index in [2.05, 4.69) is 5.10 Å². The number of aliphatic hydroxyl groups excluding tert-OH is 1. The first kappa shape index (κ1) is 13.1. The summed E-state index contributed by atoms with van der Waals surface area (Å²) in [7, 11) is 0. The summed E-state index contributed by atoms with van der Waals surface area (Å²) in [6.07, 6.45) is 3.24. The molecule has 0 fully saturated rings. The molecular formula is C13H14ClFN2O. The second kappa shape index (κ2) is 5.50. The Labute approximate surface area is 110 Å². The van der Waals surface area contributed by atoms with Crippen LogP contribution in [0.2, 0.25) is 5.02 Å². The molecule has 1 unspecified atom stereocenters. The van der Waals surface area contributed by atoms with Gasteiger partial charge in [0.05, 0.1) is 12.3 Å². The number of rotatable bonds is 4. The van der Waals surface area contributed by atoms with Crippen LogP contribution in [-0.2, 0) is 13.0 Å². The lowest BCUT2D eigenvalue weighted by atomic mass is 10.0. The highest BCUT2D eigenvalue weighted by atomic mass is 35.5. The van der Waals surface area contributed by atoms with Crippen LogP contribution >= 0.6 is 11.6 Å². The zero-order valence-corrected chi connectivity index (χ0v) is 10.7. The van der Waals surface area contributed by atoms with E-state index >= 15 is 0 Å². The molecule has 2 rings (SSSR count). The molecule has 5 heteroatoms. The number of hydrogen-bond acceptors (Lipinski definition) is 2. The van der Waals surface area contributed by atoms with Crippen molar-refractivity contribution in [2.45, 2.75) is 26.0 Å². The molecule has 1 aromatic carbocycles. The SMILES string of the molecule is CCn1cc(CC(O)c2ccc(F)cc2Cl)cn1. The van der Waals surface area contributed by atoms with E-state index in [9.17, 15) is 9.50 Å². The van der Waals surface area contributed by atoms with Crippen LogP contribution in [-0.4, -0.2) is 14.9 Å². The number of aromatic nitrogens is 2. The Morgan fingerprint density at radius 3 is 2.89 bits per heavy atom. The smallest absolute Gasteiger partial charge is 0.124 e. The Morgan fingerprint density at radius 1 is 1.50 bits per heavy atom. The number of nitrogens with zero attached hydrogens (tertiary/aromatic N) is 2. The maximum Gasteiger partial charge on any atom is 0.124 e. The molecule has 1 heterocycles. The molecule has 0 aliphatic heterocycles. The number of halogens is 2. The molecule has 1 N–H and O–H groups in total. The third kappa shape index (κ3) is 2.89. The molecule has 1 atom stereocenters. The summed E-state index contributed by atoms with van der Waals surface area (Å²) in [5.41, 5.74) is 1.45. The molecule has 18 heavy (non-hydrogen) atoms. The van der Waals surface area contributed by atoms with Crippen molar-refractivity contribution in [1.29, 1.82) is 0 Å². The predicted molar refractivity (Wildman–Crippen MR) is 68.0 cm³/mol. The van der Waals surface area contributed by atoms with Gasteiger partial charge < -0.3 is 5.11 Å². The van der Waals surface area contributed by atoms with Gasteiger partial charge in [-0.2, -0.15) is 5.10 Å². The topological polar surface area (TPSA) is 38.0 Å². The van der Waals surface area contributed by atoms with Gasteiger partial charge in [-0.3, -0.25) is 4.68 Å². The highest BCUT2D eigenvalue weighted by Crippen LogP contribution is 2.26. The highest BCUT2D eigenvalue weighted by molar-refractivity contribution is 6.31. The van der Waals surface area contributed by atoms with Gasteiger partial charge in [0.2, 0.25) is 0 Å². The Kier molecular flexibility index (Phi) is 3.99. The molecule has 0 spiro atoms. The lowest BCUT2D eigenvalue weighted by molar-refractivity contribution is 0.178. The van der Waals surface area contributed by atoms with Gasteiger partial charge in [-0.15, -0.1) is 0 Å². The third-order valence-corrected chi connectivity index (χ3v) is 3.09. The van der Waals surface area contributed by atoms with Gasteiger partial charge in [0, 0.05) is 24.2 Å². The van der Waals surface area contributed by atoms with Crippen molar-refractivity contribution in [3.63, 3.8) is 0 Å². The van der Waals surface area contributed by atoms with Crippen molar-refractivity contribution in [3.05, 3.63) is 52.6 Å². The van der Waals surface area contributed by atoms with Crippen molar-refractivity contribution in [2.24, 2.45) is 0 Å². The molecule has 0 saturated carbocycles. The van der Waals surface area contributed by atoms with Crippen LogP contribution in [0.25, 0.3) is 0 Å². The first-order valence-electron chi connectivity index (χ1n) is 5.74. The van der Waals surface area contributed by atoms with Gasteiger partial charge in [-0.05, 0) is 30.2 Å². The van der Waals surface area contributed by atoms with Crippen molar-refractivity contribution in [3.8, 4) is 0 Å². The fourth-order valence-electron chi connectivity index (χ4n) is 1.79. The minimum Gasteiger partial charge on any atom is -0.388 e. The largest absolute Gasteiger partial charge is 0.388 e. The summed E-state index contributed by atoms with van der Waals surface area (Å²) in [4.78, 5) is 0. The zero-order chi connectivity index (χ0) is 13.1. The fraction of sp³-hybridized carbons (Fsp3) is 0.308. The van der Waals surface area contributed by atoms with Crippen molar-refractivity contribution in [1.82, 2.24) is 9.78 Å². The van der Waals surface area contributed by atoms with Crippen LogP contribution in [0.3, 0.4) is 0 Å². The van der Waals surface area contributed by atoms with Gasteiger partial charge in [-0.1, -0.05) is 17.7 Å². The van der Waals surface area contributed by atoms with Crippen LogP contribution in [0.1, 0.15) is 24.2 Å². The van der Waals surface area contributed by atoms with E-state index in [1.54, 1.807) is 10.9 Å². The van der Waals surface area contributed by atoms with E-state index in [0.717, 1.165) is 12.1 Å². The molecule has 0 amide bonds. The van der Waals surface area contributed by atoms with E-state index in [0.29, 0.717) is 12.0 Å². The van der Waals surface area contributed by atoms with Crippen molar-refractivity contribution < 1.29 is 9.50 Å². The summed E-state index contributed by atoms with van der Waals surface area (Å²) >= 11 is 5.90. The van der Waals surface area contributed by atoms with E-state index in [1.807, 2.05) is 13.1 Å². The number of aryl methyl sites for hydroxylation is 1. The molecular weight excluding hydrogens is 255 g/mol. The zero-order valence-electron chi connectivity index (χ0n) is 9.98. The molecule has 2 aromatic rings. The summed E-state index contributed by atoms with van der Waals surface area (Å²) in [6, 6.07) is 4.00. The van der Waals surface area contributed by atoms with Crippen molar-refractivity contribution >= 4 is 11.6 Å². The minimum absolute atomic E-state index is 0.241. The Bertz CT molecular complexity index is 542. The number of aliphatic hydroxyl groups is 1. The summed E-state index contributed by atoms with van der Waals surface area (Å²) in [5.74, 6) is -0.408. The van der Waals surface area contributed by atoms with E-state index in [4.69, 9.17) is 11.6 Å². The predicted octanol–water partition coefficient (Wildman–Crippen LogP) is 2.97. The van der Waals surface area contributed by atoms with Crippen LogP contribution in [0.5, 0.6) is 0 Å². The van der Waals surface area contributed by atoms with E-state index in [-0.39, 0.29) is 5.02 Å². The van der Waals surface area contributed by atoms with Crippen LogP contribution in [0.4, 0.5) is 4.39 Å². The maximum absolute atomic E-state index is 12.9. The molecule has 0 bridgehead atoms. The van der Waals surface area contributed by atoms with Crippen LogP contribution < -0.4 is 0 Å². The van der Waals surface area contributed by atoms with Crippen LogP contribution in [0.15, 0.2) is 30.6 Å².